The van der Waals surface area contributed by atoms with Gasteiger partial charge in [0.2, 0.25) is 0 Å². The van der Waals surface area contributed by atoms with Crippen LogP contribution in [0.5, 0.6) is 0 Å². The van der Waals surface area contributed by atoms with Gasteiger partial charge in [0.15, 0.2) is 34.7 Å². The van der Waals surface area contributed by atoms with E-state index < -0.39 is 0 Å². The minimum absolute atomic E-state index is 0.177. The van der Waals surface area contributed by atoms with Crippen LogP contribution in [0, 0.1) is 0 Å². The Kier molecular flexibility index (Phi) is 6.25. The fraction of sp³-hybridized carbons (Fsp3) is 0. The first-order valence-corrected chi connectivity index (χ1v) is 15.8. The van der Waals surface area contributed by atoms with Crippen LogP contribution in [0.1, 0.15) is 95.5 Å². The molecule has 50 heavy (non-hydrogen) atoms. The lowest BCUT2D eigenvalue weighted by molar-refractivity contribution is 0.0979. The quantitative estimate of drug-likeness (QED) is 0.201. The Labute approximate surface area is 284 Å². The minimum Gasteiger partial charge on any atom is -0.355 e. The van der Waals surface area contributed by atoms with Crippen molar-refractivity contribution in [3.05, 3.63) is 188 Å². The maximum absolute atomic E-state index is 14.0. The van der Waals surface area contributed by atoms with Gasteiger partial charge in [-0.2, -0.15) is 0 Å². The molecule has 6 aromatic rings. The third-order valence-corrected chi connectivity index (χ3v) is 9.48. The van der Waals surface area contributed by atoms with Crippen LogP contribution in [0.4, 0.5) is 22.7 Å². The lowest BCUT2D eigenvalue weighted by Crippen LogP contribution is -2.23. The normalized spacial score (nSPS) is 13.8. The molecule has 0 saturated heterocycles. The molecule has 0 aromatic heterocycles. The van der Waals surface area contributed by atoms with E-state index >= 15 is 0 Å². The van der Waals surface area contributed by atoms with E-state index in [0.29, 0.717) is 45.0 Å². The Balaban J connectivity index is 1.04. The number of anilines is 4. The third-order valence-electron chi connectivity index (χ3n) is 9.48. The van der Waals surface area contributed by atoms with Crippen LogP contribution in [0.25, 0.3) is 0 Å². The van der Waals surface area contributed by atoms with Crippen molar-refractivity contribution in [2.24, 2.45) is 0 Å². The summed E-state index contributed by atoms with van der Waals surface area (Å²) in [6.45, 7) is 0. The number of benzene rings is 6. The Morgan fingerprint density at radius 2 is 0.600 bits per heavy atom. The standard InChI is InChI=1S/C42H22N2O6/c45-37-27-17-15-21(43-33-13-5-11-29-35(33)41(49)25-9-3-1-7-23(25)38(29)46)19-31(27)40(48)32-20-22(16-18-28(32)37)44-34-14-6-12-30-36(34)42(50)26-10-4-2-8-24(26)39(30)47/h1-20,43-44H. The van der Waals surface area contributed by atoms with Crippen molar-refractivity contribution in [2.75, 3.05) is 10.6 Å². The third kappa shape index (κ3) is 4.18. The maximum Gasteiger partial charge on any atom is 0.196 e. The molecule has 8 nitrogen and oxygen atoms in total. The zero-order valence-electron chi connectivity index (χ0n) is 26.0. The van der Waals surface area contributed by atoms with Gasteiger partial charge in [0, 0.05) is 67.0 Å². The molecule has 0 fully saturated rings. The van der Waals surface area contributed by atoms with E-state index in [0.717, 1.165) is 0 Å². The average Bonchev–Trinajstić information content (AvgIpc) is 3.15. The van der Waals surface area contributed by atoms with Gasteiger partial charge >= 0.3 is 0 Å². The van der Waals surface area contributed by atoms with Gasteiger partial charge in [-0.3, -0.25) is 28.8 Å². The summed E-state index contributed by atoms with van der Waals surface area (Å²) in [6, 6.07) is 33.0. The number of ketones is 6. The van der Waals surface area contributed by atoms with Gasteiger partial charge in [-0.1, -0.05) is 72.8 Å². The highest BCUT2D eigenvalue weighted by Crippen LogP contribution is 2.37. The summed E-state index contributed by atoms with van der Waals surface area (Å²) >= 11 is 0. The number of nitrogens with one attached hydrogen (secondary N) is 2. The summed E-state index contributed by atoms with van der Waals surface area (Å²) < 4.78 is 0. The molecule has 2 N–H and O–H groups in total. The van der Waals surface area contributed by atoms with E-state index in [4.69, 9.17) is 0 Å². The van der Waals surface area contributed by atoms with Crippen molar-refractivity contribution in [1.82, 2.24) is 0 Å². The molecule has 9 rings (SSSR count). The molecule has 0 radical (unpaired) electrons. The van der Waals surface area contributed by atoms with E-state index in [-0.39, 0.29) is 79.2 Å². The number of fused-ring (bicyclic) bond motifs is 6. The van der Waals surface area contributed by atoms with Crippen LogP contribution < -0.4 is 10.6 Å². The largest absolute Gasteiger partial charge is 0.355 e. The smallest absolute Gasteiger partial charge is 0.196 e. The van der Waals surface area contributed by atoms with Crippen molar-refractivity contribution in [2.45, 2.75) is 0 Å². The van der Waals surface area contributed by atoms with Gasteiger partial charge in [0.05, 0.1) is 22.5 Å². The maximum atomic E-state index is 14.0. The van der Waals surface area contributed by atoms with Gasteiger partial charge in [-0.05, 0) is 48.5 Å². The van der Waals surface area contributed by atoms with Crippen LogP contribution in [0.3, 0.4) is 0 Å². The molecule has 0 bridgehead atoms. The van der Waals surface area contributed by atoms with Gasteiger partial charge in [0.25, 0.3) is 0 Å². The molecular formula is C42H22N2O6. The molecule has 0 heterocycles. The molecule has 0 saturated carbocycles. The highest BCUT2D eigenvalue weighted by Gasteiger charge is 2.34. The van der Waals surface area contributed by atoms with Crippen LogP contribution in [0.2, 0.25) is 0 Å². The SMILES string of the molecule is O=C1c2ccc(Nc3cccc4c3C(=O)c3ccccc3C4=O)cc2C(=O)c2cc(Nc3cccc4c3C(=O)c3ccccc3C4=O)ccc21. The Morgan fingerprint density at radius 3 is 1.02 bits per heavy atom. The van der Waals surface area contributed by atoms with Crippen molar-refractivity contribution in [3.63, 3.8) is 0 Å². The van der Waals surface area contributed by atoms with E-state index in [9.17, 15) is 28.8 Å². The Hall–Kier alpha value is -7.06. The van der Waals surface area contributed by atoms with Crippen LogP contribution in [-0.4, -0.2) is 34.7 Å². The summed E-state index contributed by atoms with van der Waals surface area (Å²) in [4.78, 5) is 81.1. The molecule has 3 aliphatic rings. The number of hydrogen-bond acceptors (Lipinski definition) is 8. The fourth-order valence-electron chi connectivity index (χ4n) is 7.12. The van der Waals surface area contributed by atoms with Gasteiger partial charge in [0.1, 0.15) is 0 Å². The molecular weight excluding hydrogens is 628 g/mol. The topological polar surface area (TPSA) is 126 Å². The van der Waals surface area contributed by atoms with Crippen molar-refractivity contribution >= 4 is 57.4 Å². The first kappa shape index (κ1) is 29.1. The summed E-state index contributed by atoms with van der Waals surface area (Å²) in [5.41, 5.74) is 4.94. The van der Waals surface area contributed by atoms with E-state index in [2.05, 4.69) is 10.6 Å². The fourth-order valence-corrected chi connectivity index (χ4v) is 7.12. The predicted octanol–water partition coefficient (Wildman–Crippen LogP) is 7.50. The van der Waals surface area contributed by atoms with Crippen LogP contribution >= 0.6 is 0 Å². The molecule has 0 amide bonds. The number of carbonyl (C=O) groups is 6. The Morgan fingerprint density at radius 1 is 0.280 bits per heavy atom. The van der Waals surface area contributed by atoms with Gasteiger partial charge in [-0.15, -0.1) is 0 Å². The zero-order valence-corrected chi connectivity index (χ0v) is 26.0. The molecule has 0 spiro atoms. The number of rotatable bonds is 4. The average molecular weight is 651 g/mol. The summed E-state index contributed by atoms with van der Waals surface area (Å²) in [5, 5.41) is 6.41. The molecule has 6 aromatic carbocycles. The molecule has 0 atom stereocenters. The second kappa shape index (κ2) is 10.7. The lowest BCUT2D eigenvalue weighted by Gasteiger charge is -2.23. The van der Waals surface area contributed by atoms with E-state index in [1.54, 1.807) is 121 Å². The van der Waals surface area contributed by atoms with Crippen molar-refractivity contribution in [1.29, 1.82) is 0 Å². The molecule has 0 unspecified atom stereocenters. The summed E-state index contributed by atoms with van der Waals surface area (Å²) in [6.07, 6.45) is 0. The van der Waals surface area contributed by atoms with Crippen molar-refractivity contribution < 1.29 is 28.8 Å². The second-order valence-corrected chi connectivity index (χ2v) is 12.3. The number of carbonyl (C=O) groups excluding carboxylic acids is 6. The Bertz CT molecular complexity index is 2440. The minimum atomic E-state index is -0.382. The summed E-state index contributed by atoms with van der Waals surface area (Å²) in [7, 11) is 0. The van der Waals surface area contributed by atoms with E-state index in [1.807, 2.05) is 0 Å². The van der Waals surface area contributed by atoms with Crippen LogP contribution in [-0.2, 0) is 0 Å². The van der Waals surface area contributed by atoms with Gasteiger partial charge < -0.3 is 10.6 Å². The van der Waals surface area contributed by atoms with Crippen LogP contribution in [0.15, 0.2) is 121 Å². The molecule has 3 aliphatic carbocycles. The molecule has 8 heteroatoms. The highest BCUT2D eigenvalue weighted by atomic mass is 16.2. The first-order chi connectivity index (χ1) is 24.3. The predicted molar refractivity (Wildman–Crippen MR) is 186 cm³/mol. The highest BCUT2D eigenvalue weighted by molar-refractivity contribution is 6.32. The van der Waals surface area contributed by atoms with Crippen molar-refractivity contribution in [3.8, 4) is 0 Å². The summed E-state index contributed by atoms with van der Waals surface area (Å²) in [5.74, 6) is -1.77. The molecule has 0 aliphatic heterocycles. The number of hydrogen-bond donors (Lipinski definition) is 2. The zero-order chi connectivity index (χ0) is 34.3. The monoisotopic (exact) mass is 650 g/mol. The lowest BCUT2D eigenvalue weighted by atomic mass is 9.82. The second-order valence-electron chi connectivity index (χ2n) is 12.3. The van der Waals surface area contributed by atoms with E-state index in [1.165, 1.54) is 0 Å². The van der Waals surface area contributed by atoms with Gasteiger partial charge in [-0.25, -0.2) is 0 Å². The first-order valence-electron chi connectivity index (χ1n) is 15.8. The molecule has 236 valence electrons.